The number of thiophene rings is 1. The molecule has 0 saturated carbocycles. The van der Waals surface area contributed by atoms with Gasteiger partial charge in [0.05, 0.1) is 18.0 Å². The van der Waals surface area contributed by atoms with Crippen LogP contribution in [-0.4, -0.2) is 46.5 Å². The highest BCUT2D eigenvalue weighted by molar-refractivity contribution is 7.12. The molecule has 2 aliphatic heterocycles. The van der Waals surface area contributed by atoms with Crippen LogP contribution in [0.25, 0.3) is 5.57 Å². The lowest BCUT2D eigenvalue weighted by atomic mass is 9.92. The fourth-order valence-electron chi connectivity index (χ4n) is 4.39. The first-order valence-electron chi connectivity index (χ1n) is 10.6. The molecule has 5 rings (SSSR count). The maximum Gasteiger partial charge on any atom is 0.193 e. The van der Waals surface area contributed by atoms with E-state index in [9.17, 15) is 9.18 Å². The molecule has 1 aromatic carbocycles. The van der Waals surface area contributed by atoms with Crippen molar-refractivity contribution in [3.63, 3.8) is 0 Å². The monoisotopic (exact) mass is 437 g/mol. The molecule has 2 aromatic heterocycles. The zero-order valence-corrected chi connectivity index (χ0v) is 18.0. The smallest absolute Gasteiger partial charge is 0.193 e. The lowest BCUT2D eigenvalue weighted by Crippen LogP contribution is -2.32. The molecule has 0 unspecified atom stereocenters. The molecule has 0 radical (unpaired) electrons. The van der Waals surface area contributed by atoms with Gasteiger partial charge < -0.3 is 14.2 Å². The number of carbonyl (C=O) groups excluding carboxylic acids is 1. The molecular formula is C24H24FN3O2S. The lowest BCUT2D eigenvalue weighted by molar-refractivity contribution is 0.0976. The molecule has 0 atom stereocenters. The highest BCUT2D eigenvalue weighted by atomic mass is 32.1. The van der Waals surface area contributed by atoms with Crippen LogP contribution < -0.4 is 4.74 Å². The van der Waals surface area contributed by atoms with Gasteiger partial charge in [0.2, 0.25) is 0 Å². The van der Waals surface area contributed by atoms with E-state index in [4.69, 9.17) is 4.74 Å². The van der Waals surface area contributed by atoms with E-state index in [0.29, 0.717) is 18.9 Å². The normalized spacial score (nSPS) is 16.7. The number of nitrogens with zero attached hydrogens (tertiary/aromatic N) is 3. The molecule has 160 valence electrons. The second-order valence-electron chi connectivity index (χ2n) is 7.94. The molecule has 1 saturated heterocycles. The molecule has 0 N–H and O–H groups in total. The SMILES string of the molecule is O=C1Cn2ccnc2C(=C2CCN(CCCOc3ccc(F)cc3)CC2)c2ccsc21. The first kappa shape index (κ1) is 20.2. The maximum absolute atomic E-state index is 13.0. The number of halogens is 1. The van der Waals surface area contributed by atoms with Crippen molar-refractivity contribution in [1.29, 1.82) is 0 Å². The number of carbonyl (C=O) groups is 1. The summed E-state index contributed by atoms with van der Waals surface area (Å²) in [6.45, 7) is 3.93. The summed E-state index contributed by atoms with van der Waals surface area (Å²) in [6, 6.07) is 8.23. The van der Waals surface area contributed by atoms with Gasteiger partial charge in [-0.05, 0) is 55.0 Å². The van der Waals surface area contributed by atoms with Crippen LogP contribution >= 0.6 is 11.3 Å². The zero-order chi connectivity index (χ0) is 21.2. The Morgan fingerprint density at radius 1 is 1.13 bits per heavy atom. The standard InChI is InChI=1S/C24H24FN3O2S/c25-18-2-4-19(5-3-18)30-14-1-10-27-11-6-17(7-12-27)22-20-8-15-31-23(20)21(29)16-28-13-9-26-24(22)28/h2-5,8-9,13,15H,1,6-7,10-12,14,16H2. The fourth-order valence-corrected chi connectivity index (χ4v) is 5.22. The van der Waals surface area contributed by atoms with Crippen molar-refractivity contribution in [2.45, 2.75) is 25.8 Å². The third-order valence-electron chi connectivity index (χ3n) is 5.96. The van der Waals surface area contributed by atoms with Crippen molar-refractivity contribution in [2.75, 3.05) is 26.2 Å². The summed E-state index contributed by atoms with van der Waals surface area (Å²) >= 11 is 1.53. The number of likely N-dealkylation sites (tertiary alicyclic amines) is 1. The summed E-state index contributed by atoms with van der Waals surface area (Å²) in [7, 11) is 0. The van der Waals surface area contributed by atoms with Crippen LogP contribution in [0.3, 0.4) is 0 Å². The summed E-state index contributed by atoms with van der Waals surface area (Å²) in [5.74, 6) is 1.54. The average Bonchev–Trinajstić information content (AvgIpc) is 3.42. The third-order valence-corrected chi connectivity index (χ3v) is 6.91. The molecule has 31 heavy (non-hydrogen) atoms. The topological polar surface area (TPSA) is 47.4 Å². The van der Waals surface area contributed by atoms with E-state index in [-0.39, 0.29) is 11.6 Å². The van der Waals surface area contributed by atoms with Gasteiger partial charge in [-0.3, -0.25) is 4.79 Å². The van der Waals surface area contributed by atoms with Crippen LogP contribution in [0.1, 0.15) is 40.3 Å². The maximum atomic E-state index is 13.0. The van der Waals surface area contributed by atoms with Gasteiger partial charge in [0.1, 0.15) is 17.4 Å². The number of ether oxygens (including phenoxy) is 1. The first-order valence-corrected chi connectivity index (χ1v) is 11.5. The van der Waals surface area contributed by atoms with E-state index in [0.717, 1.165) is 60.7 Å². The predicted molar refractivity (Wildman–Crippen MR) is 119 cm³/mol. The number of piperidine rings is 1. The molecule has 0 spiro atoms. The Balaban J connectivity index is 1.23. The molecule has 0 amide bonds. The van der Waals surface area contributed by atoms with Gasteiger partial charge in [-0.15, -0.1) is 11.3 Å². The van der Waals surface area contributed by atoms with Gasteiger partial charge in [0.25, 0.3) is 0 Å². The summed E-state index contributed by atoms with van der Waals surface area (Å²) in [5.41, 5.74) is 3.60. The number of Topliss-reactive ketones (excluding diaryl/α,β-unsaturated/α-hetero) is 1. The number of aromatic nitrogens is 2. The molecular weight excluding hydrogens is 413 g/mol. The molecule has 0 bridgehead atoms. The summed E-state index contributed by atoms with van der Waals surface area (Å²) in [6.07, 6.45) is 6.57. The molecule has 5 nitrogen and oxygen atoms in total. The molecule has 4 heterocycles. The fraction of sp³-hybridized carbons (Fsp3) is 0.333. The Morgan fingerprint density at radius 2 is 1.94 bits per heavy atom. The minimum absolute atomic E-state index is 0.165. The Hall–Kier alpha value is -2.77. The quantitative estimate of drug-likeness (QED) is 0.546. The summed E-state index contributed by atoms with van der Waals surface area (Å²) in [4.78, 5) is 20.6. The highest BCUT2D eigenvalue weighted by Crippen LogP contribution is 2.37. The molecule has 0 aliphatic carbocycles. The molecule has 7 heteroatoms. The number of rotatable bonds is 5. The lowest BCUT2D eigenvalue weighted by Gasteiger charge is -2.29. The first-order chi connectivity index (χ1) is 15.2. The van der Waals surface area contributed by atoms with Crippen LogP contribution in [0.2, 0.25) is 0 Å². The minimum Gasteiger partial charge on any atom is -0.494 e. The largest absolute Gasteiger partial charge is 0.494 e. The van der Waals surface area contributed by atoms with E-state index >= 15 is 0 Å². The van der Waals surface area contributed by atoms with Gasteiger partial charge in [-0.1, -0.05) is 5.57 Å². The van der Waals surface area contributed by atoms with E-state index < -0.39 is 0 Å². The van der Waals surface area contributed by atoms with Crippen LogP contribution in [0.15, 0.2) is 53.7 Å². The van der Waals surface area contributed by atoms with Crippen molar-refractivity contribution in [1.82, 2.24) is 14.5 Å². The molecule has 1 fully saturated rings. The van der Waals surface area contributed by atoms with Crippen LogP contribution in [-0.2, 0) is 6.54 Å². The second-order valence-corrected chi connectivity index (χ2v) is 8.86. The Kier molecular flexibility index (Phi) is 5.70. The average molecular weight is 438 g/mol. The second kappa shape index (κ2) is 8.77. The van der Waals surface area contributed by atoms with E-state index in [1.165, 1.54) is 29.0 Å². The number of fused-ring (bicyclic) bond motifs is 2. The van der Waals surface area contributed by atoms with Gasteiger partial charge in [-0.2, -0.15) is 0 Å². The van der Waals surface area contributed by atoms with Crippen LogP contribution in [0.4, 0.5) is 4.39 Å². The van der Waals surface area contributed by atoms with Gasteiger partial charge >= 0.3 is 0 Å². The third kappa shape index (κ3) is 4.20. The summed E-state index contributed by atoms with van der Waals surface area (Å²) in [5, 5.41) is 2.01. The molecule has 3 aromatic rings. The van der Waals surface area contributed by atoms with Crippen molar-refractivity contribution in [2.24, 2.45) is 0 Å². The Labute approximate surface area is 184 Å². The van der Waals surface area contributed by atoms with Crippen molar-refractivity contribution in [3.05, 3.63) is 75.8 Å². The van der Waals surface area contributed by atoms with Crippen LogP contribution in [0.5, 0.6) is 5.75 Å². The predicted octanol–water partition coefficient (Wildman–Crippen LogP) is 4.65. The van der Waals surface area contributed by atoms with Crippen LogP contribution in [0, 0.1) is 5.82 Å². The van der Waals surface area contributed by atoms with Crippen molar-refractivity contribution in [3.8, 4) is 5.75 Å². The molecule has 2 aliphatic rings. The van der Waals surface area contributed by atoms with E-state index in [2.05, 4.69) is 16.0 Å². The number of hydrogen-bond donors (Lipinski definition) is 0. The number of ketones is 1. The van der Waals surface area contributed by atoms with Gasteiger partial charge in [-0.25, -0.2) is 9.37 Å². The zero-order valence-electron chi connectivity index (χ0n) is 17.2. The van der Waals surface area contributed by atoms with E-state index in [1.54, 1.807) is 18.3 Å². The Bertz CT molecular complexity index is 1110. The Morgan fingerprint density at radius 3 is 2.74 bits per heavy atom. The summed E-state index contributed by atoms with van der Waals surface area (Å²) < 4.78 is 20.7. The minimum atomic E-state index is -0.249. The van der Waals surface area contributed by atoms with Crippen molar-refractivity contribution < 1.29 is 13.9 Å². The van der Waals surface area contributed by atoms with E-state index in [1.807, 2.05) is 16.1 Å². The van der Waals surface area contributed by atoms with Gasteiger partial charge in [0.15, 0.2) is 5.78 Å². The number of benzene rings is 1. The number of imidazole rings is 1. The number of hydrogen-bond acceptors (Lipinski definition) is 5. The highest BCUT2D eigenvalue weighted by Gasteiger charge is 2.28. The van der Waals surface area contributed by atoms with Crippen molar-refractivity contribution >= 4 is 22.7 Å². The van der Waals surface area contributed by atoms with Gasteiger partial charge in [0, 0.05) is 43.2 Å².